The lowest BCUT2D eigenvalue weighted by atomic mass is 10.1. The van der Waals surface area contributed by atoms with Crippen LogP contribution in [-0.4, -0.2) is 29.8 Å². The Morgan fingerprint density at radius 1 is 1.53 bits per heavy atom. The fraction of sp³-hybridized carbons (Fsp3) is 0.231. The van der Waals surface area contributed by atoms with Crippen LogP contribution in [0.15, 0.2) is 30.6 Å². The quantitative estimate of drug-likeness (QED) is 0.908. The average Bonchev–Trinajstić information content (AvgIpc) is 2.87. The van der Waals surface area contributed by atoms with E-state index in [0.29, 0.717) is 16.9 Å². The predicted octanol–water partition coefficient (Wildman–Crippen LogP) is 1.44. The Labute approximate surface area is 110 Å². The number of nitrogens with one attached hydrogen (secondary N) is 1. The summed E-state index contributed by atoms with van der Waals surface area (Å²) in [6, 6.07) is 4.48. The van der Waals surface area contributed by atoms with E-state index < -0.39 is 0 Å². The highest BCUT2D eigenvalue weighted by atomic mass is 19.1. The SMILES string of the molecule is CNC(=O)Cn1cc(-c2cc(OC)ccc2F)cn1. The average molecular weight is 263 g/mol. The number of benzene rings is 1. The third-order valence-electron chi connectivity index (χ3n) is 2.70. The topological polar surface area (TPSA) is 56.2 Å². The van der Waals surface area contributed by atoms with Crippen LogP contribution >= 0.6 is 0 Å². The van der Waals surface area contributed by atoms with Crippen molar-refractivity contribution >= 4 is 5.91 Å². The van der Waals surface area contributed by atoms with Crippen LogP contribution in [-0.2, 0) is 11.3 Å². The molecule has 1 aromatic heterocycles. The van der Waals surface area contributed by atoms with E-state index in [1.807, 2.05) is 0 Å². The lowest BCUT2D eigenvalue weighted by Crippen LogP contribution is -2.23. The molecule has 100 valence electrons. The number of carbonyl (C=O) groups is 1. The number of likely N-dealkylation sites (N-methyl/N-ethyl adjacent to an activating group) is 1. The van der Waals surface area contributed by atoms with Gasteiger partial charge in [-0.1, -0.05) is 0 Å². The number of aromatic nitrogens is 2. The van der Waals surface area contributed by atoms with Crippen molar-refractivity contribution in [3.8, 4) is 16.9 Å². The van der Waals surface area contributed by atoms with Crippen LogP contribution in [0.1, 0.15) is 0 Å². The first-order valence-electron chi connectivity index (χ1n) is 5.71. The molecule has 0 spiro atoms. The molecule has 2 rings (SSSR count). The number of hydrogen-bond acceptors (Lipinski definition) is 3. The van der Waals surface area contributed by atoms with E-state index in [4.69, 9.17) is 4.74 Å². The Morgan fingerprint density at radius 2 is 2.32 bits per heavy atom. The van der Waals surface area contributed by atoms with Crippen LogP contribution in [0, 0.1) is 5.82 Å². The maximum Gasteiger partial charge on any atom is 0.241 e. The standard InChI is InChI=1S/C13H14FN3O2/c1-15-13(18)8-17-7-9(6-16-17)11-5-10(19-2)3-4-12(11)14/h3-7H,8H2,1-2H3,(H,15,18). The molecule has 0 saturated heterocycles. The Hall–Kier alpha value is -2.37. The van der Waals surface area contributed by atoms with E-state index in [1.165, 1.54) is 24.1 Å². The molecule has 2 aromatic rings. The normalized spacial score (nSPS) is 10.3. The van der Waals surface area contributed by atoms with Crippen molar-refractivity contribution < 1.29 is 13.9 Å². The molecule has 0 saturated carbocycles. The van der Waals surface area contributed by atoms with E-state index in [1.54, 1.807) is 25.4 Å². The van der Waals surface area contributed by atoms with Gasteiger partial charge in [-0.25, -0.2) is 4.39 Å². The number of amides is 1. The lowest BCUT2D eigenvalue weighted by molar-refractivity contribution is -0.121. The molecule has 0 fully saturated rings. The molecule has 1 heterocycles. The van der Waals surface area contributed by atoms with E-state index in [-0.39, 0.29) is 18.3 Å². The van der Waals surface area contributed by atoms with Gasteiger partial charge >= 0.3 is 0 Å². The van der Waals surface area contributed by atoms with Crippen molar-refractivity contribution in [2.45, 2.75) is 6.54 Å². The Bertz CT molecular complexity index is 595. The smallest absolute Gasteiger partial charge is 0.241 e. The number of hydrogen-bond donors (Lipinski definition) is 1. The molecule has 0 bridgehead atoms. The van der Waals surface area contributed by atoms with Gasteiger partial charge in [0.1, 0.15) is 18.1 Å². The van der Waals surface area contributed by atoms with E-state index in [9.17, 15) is 9.18 Å². The number of halogens is 1. The van der Waals surface area contributed by atoms with Crippen LogP contribution in [0.3, 0.4) is 0 Å². The Kier molecular flexibility index (Phi) is 3.79. The molecule has 5 nitrogen and oxygen atoms in total. The van der Waals surface area contributed by atoms with Gasteiger partial charge < -0.3 is 10.1 Å². The third kappa shape index (κ3) is 2.90. The summed E-state index contributed by atoms with van der Waals surface area (Å²) < 4.78 is 20.3. The van der Waals surface area contributed by atoms with Crippen molar-refractivity contribution in [1.82, 2.24) is 15.1 Å². The van der Waals surface area contributed by atoms with Crippen molar-refractivity contribution in [3.63, 3.8) is 0 Å². The molecule has 6 heteroatoms. The molecule has 0 aliphatic heterocycles. The number of carbonyl (C=O) groups excluding carboxylic acids is 1. The van der Waals surface area contributed by atoms with Crippen LogP contribution < -0.4 is 10.1 Å². The zero-order chi connectivity index (χ0) is 13.8. The van der Waals surface area contributed by atoms with Crippen molar-refractivity contribution in [2.75, 3.05) is 14.2 Å². The molecule has 1 amide bonds. The maximum atomic E-state index is 13.8. The second-order valence-electron chi connectivity index (χ2n) is 3.95. The minimum atomic E-state index is -0.361. The van der Waals surface area contributed by atoms with E-state index in [2.05, 4.69) is 10.4 Å². The van der Waals surface area contributed by atoms with E-state index >= 15 is 0 Å². The van der Waals surface area contributed by atoms with Gasteiger partial charge in [0.25, 0.3) is 0 Å². The summed E-state index contributed by atoms with van der Waals surface area (Å²) in [6.45, 7) is 0.0993. The van der Waals surface area contributed by atoms with Crippen molar-refractivity contribution in [3.05, 3.63) is 36.4 Å². The van der Waals surface area contributed by atoms with Gasteiger partial charge in [-0.15, -0.1) is 0 Å². The molecular weight excluding hydrogens is 249 g/mol. The maximum absolute atomic E-state index is 13.8. The second kappa shape index (κ2) is 5.51. The molecule has 1 N–H and O–H groups in total. The second-order valence-corrected chi connectivity index (χ2v) is 3.95. The highest BCUT2D eigenvalue weighted by molar-refractivity contribution is 5.75. The third-order valence-corrected chi connectivity index (χ3v) is 2.70. The molecule has 0 unspecified atom stereocenters. The number of rotatable bonds is 4. The fourth-order valence-corrected chi connectivity index (χ4v) is 1.67. The molecule has 0 aliphatic carbocycles. The Morgan fingerprint density at radius 3 is 3.00 bits per heavy atom. The number of nitrogens with zero attached hydrogens (tertiary/aromatic N) is 2. The van der Waals surface area contributed by atoms with Crippen LogP contribution in [0.4, 0.5) is 4.39 Å². The summed E-state index contributed by atoms with van der Waals surface area (Å²) in [4.78, 5) is 11.2. The van der Waals surface area contributed by atoms with Crippen molar-refractivity contribution in [2.24, 2.45) is 0 Å². The zero-order valence-electron chi connectivity index (χ0n) is 10.7. The Balaban J connectivity index is 2.29. The number of methoxy groups -OCH3 is 1. The lowest BCUT2D eigenvalue weighted by Gasteiger charge is -2.04. The number of ether oxygens (including phenoxy) is 1. The van der Waals surface area contributed by atoms with Crippen LogP contribution in [0.25, 0.3) is 11.1 Å². The molecule has 19 heavy (non-hydrogen) atoms. The van der Waals surface area contributed by atoms with Gasteiger partial charge in [-0.3, -0.25) is 9.48 Å². The minimum absolute atomic E-state index is 0.0993. The largest absolute Gasteiger partial charge is 0.497 e. The molecule has 0 radical (unpaired) electrons. The van der Waals surface area contributed by atoms with Crippen LogP contribution in [0.5, 0.6) is 5.75 Å². The van der Waals surface area contributed by atoms with Gasteiger partial charge in [0.15, 0.2) is 0 Å². The molecular formula is C13H14FN3O2. The molecule has 0 atom stereocenters. The van der Waals surface area contributed by atoms with Gasteiger partial charge in [0.2, 0.25) is 5.91 Å². The monoisotopic (exact) mass is 263 g/mol. The highest BCUT2D eigenvalue weighted by Gasteiger charge is 2.10. The van der Waals surface area contributed by atoms with Gasteiger partial charge in [0, 0.05) is 24.4 Å². The summed E-state index contributed by atoms with van der Waals surface area (Å²) in [7, 11) is 3.07. The summed E-state index contributed by atoms with van der Waals surface area (Å²) >= 11 is 0. The minimum Gasteiger partial charge on any atom is -0.497 e. The van der Waals surface area contributed by atoms with Crippen LogP contribution in [0.2, 0.25) is 0 Å². The zero-order valence-corrected chi connectivity index (χ0v) is 10.7. The van der Waals surface area contributed by atoms with Gasteiger partial charge in [-0.05, 0) is 18.2 Å². The predicted molar refractivity (Wildman–Crippen MR) is 68.2 cm³/mol. The fourth-order valence-electron chi connectivity index (χ4n) is 1.67. The van der Waals surface area contributed by atoms with Gasteiger partial charge in [0.05, 0.1) is 13.3 Å². The molecule has 1 aromatic carbocycles. The first-order valence-corrected chi connectivity index (χ1v) is 5.71. The summed E-state index contributed by atoms with van der Waals surface area (Å²) in [5.74, 6) is 0.0384. The summed E-state index contributed by atoms with van der Waals surface area (Å²) in [5, 5.41) is 6.52. The van der Waals surface area contributed by atoms with Gasteiger partial charge in [-0.2, -0.15) is 5.10 Å². The van der Waals surface area contributed by atoms with E-state index in [0.717, 1.165) is 0 Å². The highest BCUT2D eigenvalue weighted by Crippen LogP contribution is 2.26. The first kappa shape index (κ1) is 13.1. The van der Waals surface area contributed by atoms with Crippen molar-refractivity contribution in [1.29, 1.82) is 0 Å². The summed E-state index contributed by atoms with van der Waals surface area (Å²) in [5.41, 5.74) is 0.989. The summed E-state index contributed by atoms with van der Waals surface area (Å²) in [6.07, 6.45) is 3.13. The first-order chi connectivity index (χ1) is 9.13. The molecule has 0 aliphatic rings.